The number of ether oxygens (including phenoxy) is 1. The van der Waals surface area contributed by atoms with Crippen LogP contribution in [0, 0.1) is 5.82 Å². The van der Waals surface area contributed by atoms with E-state index < -0.39 is 0 Å². The number of oxazole rings is 1. The van der Waals surface area contributed by atoms with Gasteiger partial charge in [0, 0.05) is 18.7 Å². The standard InChI is InChI=1S/C20H17FN2O3/c21-17-8-4-3-7-16(17)18-13-22-19(26-18)14-5-1-2-6-15(14)20(24)23-9-11-25-12-10-23/h1-8,13H,9-12H2. The lowest BCUT2D eigenvalue weighted by molar-refractivity contribution is 0.0303. The predicted molar refractivity (Wildman–Crippen MR) is 94.1 cm³/mol. The Morgan fingerprint density at radius 3 is 2.46 bits per heavy atom. The Morgan fingerprint density at radius 2 is 1.69 bits per heavy atom. The van der Waals surface area contributed by atoms with Gasteiger partial charge in [-0.25, -0.2) is 9.37 Å². The zero-order valence-electron chi connectivity index (χ0n) is 14.0. The topological polar surface area (TPSA) is 55.6 Å². The number of benzene rings is 2. The van der Waals surface area contributed by atoms with Crippen molar-refractivity contribution >= 4 is 5.91 Å². The van der Waals surface area contributed by atoms with Gasteiger partial charge in [0.05, 0.1) is 30.5 Å². The molecule has 1 aromatic heterocycles. The van der Waals surface area contributed by atoms with Crippen LogP contribution in [0.25, 0.3) is 22.8 Å². The highest BCUT2D eigenvalue weighted by molar-refractivity contribution is 6.00. The number of hydrogen-bond donors (Lipinski definition) is 0. The lowest BCUT2D eigenvalue weighted by Crippen LogP contribution is -2.40. The first-order valence-corrected chi connectivity index (χ1v) is 8.41. The van der Waals surface area contributed by atoms with E-state index in [1.807, 2.05) is 6.07 Å². The van der Waals surface area contributed by atoms with Gasteiger partial charge in [-0.3, -0.25) is 4.79 Å². The largest absolute Gasteiger partial charge is 0.436 e. The SMILES string of the molecule is O=C(c1ccccc1-c1ncc(-c2ccccc2F)o1)N1CCOCC1. The number of carbonyl (C=O) groups excluding carboxylic acids is 1. The Hall–Kier alpha value is -2.99. The Morgan fingerprint density at radius 1 is 1.00 bits per heavy atom. The van der Waals surface area contributed by atoms with Gasteiger partial charge in [0.25, 0.3) is 5.91 Å². The zero-order valence-corrected chi connectivity index (χ0v) is 14.0. The minimum Gasteiger partial charge on any atom is -0.436 e. The molecule has 0 spiro atoms. The fraction of sp³-hybridized carbons (Fsp3) is 0.200. The first-order chi connectivity index (χ1) is 12.7. The van der Waals surface area contributed by atoms with Gasteiger partial charge in [-0.1, -0.05) is 24.3 Å². The quantitative estimate of drug-likeness (QED) is 0.722. The number of halogens is 1. The van der Waals surface area contributed by atoms with Crippen molar-refractivity contribution in [1.29, 1.82) is 0 Å². The molecular formula is C20H17FN2O3. The lowest BCUT2D eigenvalue weighted by Gasteiger charge is -2.27. The van der Waals surface area contributed by atoms with E-state index in [0.717, 1.165) is 0 Å². The summed E-state index contributed by atoms with van der Waals surface area (Å²) in [4.78, 5) is 18.9. The highest BCUT2D eigenvalue weighted by Crippen LogP contribution is 2.30. The summed E-state index contributed by atoms with van der Waals surface area (Å²) in [5, 5.41) is 0. The maximum Gasteiger partial charge on any atom is 0.254 e. The summed E-state index contributed by atoms with van der Waals surface area (Å²) < 4.78 is 25.0. The highest BCUT2D eigenvalue weighted by Gasteiger charge is 2.23. The molecule has 0 N–H and O–H groups in total. The van der Waals surface area contributed by atoms with Gasteiger partial charge < -0.3 is 14.1 Å². The highest BCUT2D eigenvalue weighted by atomic mass is 19.1. The molecule has 2 aromatic carbocycles. The molecule has 26 heavy (non-hydrogen) atoms. The molecule has 0 unspecified atom stereocenters. The number of amides is 1. The van der Waals surface area contributed by atoms with Crippen LogP contribution < -0.4 is 0 Å². The maximum absolute atomic E-state index is 14.0. The molecule has 1 fully saturated rings. The Kier molecular flexibility index (Phi) is 4.50. The van der Waals surface area contributed by atoms with Gasteiger partial charge in [0.2, 0.25) is 5.89 Å². The molecular weight excluding hydrogens is 335 g/mol. The number of morpholine rings is 1. The van der Waals surface area contributed by atoms with E-state index in [0.29, 0.717) is 54.6 Å². The van der Waals surface area contributed by atoms with Gasteiger partial charge in [0.1, 0.15) is 5.82 Å². The van der Waals surface area contributed by atoms with E-state index in [1.54, 1.807) is 41.3 Å². The van der Waals surface area contributed by atoms with Crippen LogP contribution in [0.2, 0.25) is 0 Å². The third kappa shape index (κ3) is 3.11. The number of nitrogens with zero attached hydrogens (tertiary/aromatic N) is 2. The molecule has 132 valence electrons. The van der Waals surface area contributed by atoms with Crippen molar-refractivity contribution in [2.45, 2.75) is 0 Å². The van der Waals surface area contributed by atoms with Crippen LogP contribution >= 0.6 is 0 Å². The van der Waals surface area contributed by atoms with Crippen molar-refractivity contribution in [2.24, 2.45) is 0 Å². The summed E-state index contributed by atoms with van der Waals surface area (Å²) in [7, 11) is 0. The Bertz CT molecular complexity index is 932. The summed E-state index contributed by atoms with van der Waals surface area (Å²) in [5.74, 6) is 0.148. The van der Waals surface area contributed by atoms with E-state index >= 15 is 0 Å². The molecule has 0 bridgehead atoms. The van der Waals surface area contributed by atoms with Crippen molar-refractivity contribution in [3.05, 3.63) is 66.1 Å². The number of carbonyl (C=O) groups is 1. The van der Waals surface area contributed by atoms with E-state index in [4.69, 9.17) is 9.15 Å². The number of rotatable bonds is 3. The summed E-state index contributed by atoms with van der Waals surface area (Å²) in [6, 6.07) is 13.5. The second-order valence-corrected chi connectivity index (χ2v) is 5.96. The van der Waals surface area contributed by atoms with Gasteiger partial charge in [-0.05, 0) is 24.3 Å². The molecule has 1 amide bonds. The smallest absolute Gasteiger partial charge is 0.254 e. The lowest BCUT2D eigenvalue weighted by atomic mass is 10.1. The summed E-state index contributed by atoms with van der Waals surface area (Å²) in [6.07, 6.45) is 1.48. The first kappa shape index (κ1) is 16.5. The van der Waals surface area contributed by atoms with E-state index in [1.165, 1.54) is 12.3 Å². The number of aromatic nitrogens is 1. The van der Waals surface area contributed by atoms with Crippen LogP contribution in [-0.4, -0.2) is 42.1 Å². The van der Waals surface area contributed by atoms with Crippen LogP contribution in [0.5, 0.6) is 0 Å². The summed E-state index contributed by atoms with van der Waals surface area (Å²) >= 11 is 0. The monoisotopic (exact) mass is 352 g/mol. The Balaban J connectivity index is 1.69. The van der Waals surface area contributed by atoms with Crippen molar-refractivity contribution in [1.82, 2.24) is 9.88 Å². The second-order valence-electron chi connectivity index (χ2n) is 5.96. The van der Waals surface area contributed by atoms with Crippen molar-refractivity contribution in [2.75, 3.05) is 26.3 Å². The molecule has 5 nitrogen and oxygen atoms in total. The Labute approximate surface area is 150 Å². The summed E-state index contributed by atoms with van der Waals surface area (Å²) in [6.45, 7) is 2.17. The molecule has 0 atom stereocenters. The van der Waals surface area contributed by atoms with Crippen molar-refractivity contribution in [3.63, 3.8) is 0 Å². The maximum atomic E-state index is 14.0. The van der Waals surface area contributed by atoms with Crippen LogP contribution in [0.15, 0.2) is 59.1 Å². The van der Waals surface area contributed by atoms with Crippen LogP contribution in [-0.2, 0) is 4.74 Å². The van der Waals surface area contributed by atoms with Crippen molar-refractivity contribution < 1.29 is 18.3 Å². The molecule has 3 aromatic rings. The number of hydrogen-bond acceptors (Lipinski definition) is 4. The average Bonchev–Trinajstić information content (AvgIpc) is 3.18. The zero-order chi connectivity index (χ0) is 17.9. The molecule has 4 rings (SSSR count). The average molecular weight is 352 g/mol. The normalized spacial score (nSPS) is 14.4. The van der Waals surface area contributed by atoms with Crippen LogP contribution in [0.4, 0.5) is 4.39 Å². The molecule has 0 aliphatic carbocycles. The van der Waals surface area contributed by atoms with E-state index in [9.17, 15) is 9.18 Å². The molecule has 0 radical (unpaired) electrons. The van der Waals surface area contributed by atoms with Gasteiger partial charge in [-0.2, -0.15) is 0 Å². The second kappa shape index (κ2) is 7.09. The molecule has 1 saturated heterocycles. The van der Waals surface area contributed by atoms with Crippen molar-refractivity contribution in [3.8, 4) is 22.8 Å². The van der Waals surface area contributed by atoms with Gasteiger partial charge in [-0.15, -0.1) is 0 Å². The van der Waals surface area contributed by atoms with E-state index in [2.05, 4.69) is 4.98 Å². The van der Waals surface area contributed by atoms with Crippen LogP contribution in [0.1, 0.15) is 10.4 Å². The van der Waals surface area contributed by atoms with Gasteiger partial charge >= 0.3 is 0 Å². The molecule has 1 aliphatic rings. The van der Waals surface area contributed by atoms with Gasteiger partial charge in [0.15, 0.2) is 5.76 Å². The fourth-order valence-electron chi connectivity index (χ4n) is 2.98. The fourth-order valence-corrected chi connectivity index (χ4v) is 2.98. The molecule has 0 saturated carbocycles. The molecule has 6 heteroatoms. The first-order valence-electron chi connectivity index (χ1n) is 8.41. The third-order valence-corrected chi connectivity index (χ3v) is 4.33. The predicted octanol–water partition coefficient (Wildman–Crippen LogP) is 3.62. The third-order valence-electron chi connectivity index (χ3n) is 4.33. The van der Waals surface area contributed by atoms with E-state index in [-0.39, 0.29) is 11.7 Å². The molecule has 2 heterocycles. The summed E-state index contributed by atoms with van der Waals surface area (Å²) in [5.41, 5.74) is 1.44. The molecule has 1 aliphatic heterocycles. The van der Waals surface area contributed by atoms with Crippen LogP contribution in [0.3, 0.4) is 0 Å². The minimum atomic E-state index is -0.382. The minimum absolute atomic E-state index is 0.0884.